The Morgan fingerprint density at radius 3 is 2.77 bits per heavy atom. The van der Waals surface area contributed by atoms with E-state index in [1.807, 2.05) is 30.3 Å². The zero-order valence-electron chi connectivity index (χ0n) is 13.2. The van der Waals surface area contributed by atoms with Gasteiger partial charge < -0.3 is 20.4 Å². The fraction of sp³-hybridized carbons (Fsp3) is 0.588. The summed E-state index contributed by atoms with van der Waals surface area (Å²) < 4.78 is 0. The van der Waals surface area contributed by atoms with Crippen LogP contribution in [-0.4, -0.2) is 58.9 Å². The van der Waals surface area contributed by atoms with Gasteiger partial charge in [-0.25, -0.2) is 0 Å². The maximum atomic E-state index is 12.3. The molecule has 0 unspecified atom stereocenters. The second-order valence-corrected chi connectivity index (χ2v) is 6.05. The van der Waals surface area contributed by atoms with Crippen molar-refractivity contribution >= 4 is 5.91 Å². The number of benzene rings is 1. The molecule has 2 rings (SSSR count). The van der Waals surface area contributed by atoms with Crippen LogP contribution in [0.1, 0.15) is 25.3 Å². The summed E-state index contributed by atoms with van der Waals surface area (Å²) in [5.41, 5.74) is -0.175. The van der Waals surface area contributed by atoms with Crippen molar-refractivity contribution in [2.45, 2.75) is 37.9 Å². The van der Waals surface area contributed by atoms with Crippen molar-refractivity contribution in [2.24, 2.45) is 0 Å². The monoisotopic (exact) mass is 306 g/mol. The van der Waals surface area contributed by atoms with Crippen molar-refractivity contribution in [3.05, 3.63) is 35.9 Å². The first-order chi connectivity index (χ1) is 10.5. The number of rotatable bonds is 6. The molecule has 122 valence electrons. The summed E-state index contributed by atoms with van der Waals surface area (Å²) in [7, 11) is 0. The van der Waals surface area contributed by atoms with E-state index in [1.165, 1.54) is 0 Å². The molecular formula is C17H26N2O3. The summed E-state index contributed by atoms with van der Waals surface area (Å²) in [6.07, 6.45) is 0.796. The van der Waals surface area contributed by atoms with E-state index in [-0.39, 0.29) is 12.5 Å². The highest BCUT2D eigenvalue weighted by Crippen LogP contribution is 2.23. The van der Waals surface area contributed by atoms with Crippen LogP contribution >= 0.6 is 0 Å². The fourth-order valence-corrected chi connectivity index (χ4v) is 2.76. The molecule has 0 saturated carbocycles. The van der Waals surface area contributed by atoms with E-state index in [0.717, 1.165) is 18.5 Å². The minimum absolute atomic E-state index is 0.00572. The van der Waals surface area contributed by atoms with Crippen LogP contribution in [-0.2, 0) is 11.2 Å². The van der Waals surface area contributed by atoms with Crippen LogP contribution in [0.4, 0.5) is 0 Å². The number of nitrogens with zero attached hydrogens (tertiary/aromatic N) is 1. The maximum absolute atomic E-state index is 12.3. The van der Waals surface area contributed by atoms with E-state index >= 15 is 0 Å². The number of aliphatic hydroxyl groups excluding tert-OH is 1. The number of carbonyl (C=O) groups excluding carboxylic acids is 1. The number of likely N-dealkylation sites (tertiary alicyclic amines) is 1. The van der Waals surface area contributed by atoms with Gasteiger partial charge in [-0.05, 0) is 24.9 Å². The van der Waals surface area contributed by atoms with Crippen molar-refractivity contribution in [3.63, 3.8) is 0 Å². The highest BCUT2D eigenvalue weighted by atomic mass is 16.3. The fourth-order valence-electron chi connectivity index (χ4n) is 2.76. The van der Waals surface area contributed by atoms with Gasteiger partial charge in [0, 0.05) is 19.6 Å². The van der Waals surface area contributed by atoms with Crippen molar-refractivity contribution in [1.29, 1.82) is 0 Å². The number of nitrogens with one attached hydrogen (secondary N) is 1. The Hall–Kier alpha value is -1.43. The van der Waals surface area contributed by atoms with Crippen LogP contribution in [0.15, 0.2) is 30.3 Å². The van der Waals surface area contributed by atoms with Gasteiger partial charge in [-0.15, -0.1) is 0 Å². The minimum atomic E-state index is -1.14. The Bertz CT molecular complexity index is 480. The Morgan fingerprint density at radius 2 is 2.14 bits per heavy atom. The first-order valence-corrected chi connectivity index (χ1v) is 7.98. The van der Waals surface area contributed by atoms with E-state index < -0.39 is 11.7 Å². The highest BCUT2D eigenvalue weighted by molar-refractivity contribution is 5.79. The molecule has 1 heterocycles. The van der Waals surface area contributed by atoms with Gasteiger partial charge in [0.2, 0.25) is 5.91 Å². The van der Waals surface area contributed by atoms with Crippen molar-refractivity contribution in [3.8, 4) is 0 Å². The van der Waals surface area contributed by atoms with Crippen LogP contribution in [0.3, 0.4) is 0 Å². The van der Waals surface area contributed by atoms with E-state index in [2.05, 4.69) is 12.2 Å². The molecule has 0 radical (unpaired) electrons. The number of aliphatic hydroxyl groups is 2. The van der Waals surface area contributed by atoms with E-state index in [0.29, 0.717) is 25.9 Å². The second kappa shape index (κ2) is 7.72. The topological polar surface area (TPSA) is 72.8 Å². The largest absolute Gasteiger partial charge is 0.388 e. The predicted octanol–water partition coefficient (Wildman–Crippen LogP) is 0.553. The summed E-state index contributed by atoms with van der Waals surface area (Å²) in [4.78, 5) is 13.9. The summed E-state index contributed by atoms with van der Waals surface area (Å²) >= 11 is 0. The van der Waals surface area contributed by atoms with Crippen LogP contribution < -0.4 is 5.32 Å². The summed E-state index contributed by atoms with van der Waals surface area (Å²) in [5, 5.41) is 23.9. The zero-order chi connectivity index (χ0) is 16.0. The molecule has 1 aromatic carbocycles. The average Bonchev–Trinajstić information content (AvgIpc) is 2.51. The lowest BCUT2D eigenvalue weighted by Gasteiger charge is -2.42. The molecule has 0 aromatic heterocycles. The van der Waals surface area contributed by atoms with Gasteiger partial charge in [0.25, 0.3) is 0 Å². The standard InChI is InChI=1S/C17H26N2O3/c1-2-9-18-13-17(22)8-10-19(12-15(17)20)16(21)11-14-6-4-3-5-7-14/h3-7,15,18,20,22H,2,8-13H2,1H3/t15-,17-/m0/s1. The lowest BCUT2D eigenvalue weighted by Crippen LogP contribution is -2.60. The molecule has 5 heteroatoms. The van der Waals surface area contributed by atoms with Crippen LogP contribution in [0.2, 0.25) is 0 Å². The van der Waals surface area contributed by atoms with Gasteiger partial charge in [0.05, 0.1) is 6.42 Å². The van der Waals surface area contributed by atoms with E-state index in [9.17, 15) is 15.0 Å². The molecule has 1 amide bonds. The minimum Gasteiger partial charge on any atom is -0.388 e. The molecule has 1 aromatic rings. The summed E-state index contributed by atoms with van der Waals surface area (Å²) in [6, 6.07) is 9.58. The third kappa shape index (κ3) is 4.29. The van der Waals surface area contributed by atoms with Crippen molar-refractivity contribution in [1.82, 2.24) is 10.2 Å². The number of amides is 1. The first-order valence-electron chi connectivity index (χ1n) is 7.98. The van der Waals surface area contributed by atoms with Crippen molar-refractivity contribution < 1.29 is 15.0 Å². The van der Waals surface area contributed by atoms with Gasteiger partial charge in [-0.3, -0.25) is 4.79 Å². The molecule has 0 bridgehead atoms. The Balaban J connectivity index is 1.87. The Morgan fingerprint density at radius 1 is 1.41 bits per heavy atom. The third-order valence-corrected chi connectivity index (χ3v) is 4.24. The van der Waals surface area contributed by atoms with Crippen LogP contribution in [0.25, 0.3) is 0 Å². The van der Waals surface area contributed by atoms with Gasteiger partial charge in [-0.2, -0.15) is 0 Å². The Kier molecular flexibility index (Phi) is 5.94. The molecular weight excluding hydrogens is 280 g/mol. The lowest BCUT2D eigenvalue weighted by molar-refractivity contribution is -0.148. The smallest absolute Gasteiger partial charge is 0.227 e. The molecule has 5 nitrogen and oxygen atoms in total. The molecule has 2 atom stereocenters. The molecule has 1 saturated heterocycles. The molecule has 1 aliphatic rings. The molecule has 0 spiro atoms. The van der Waals surface area contributed by atoms with Gasteiger partial charge in [0.1, 0.15) is 11.7 Å². The normalized spacial score (nSPS) is 25.2. The first kappa shape index (κ1) is 16.9. The van der Waals surface area contributed by atoms with Crippen molar-refractivity contribution in [2.75, 3.05) is 26.2 Å². The number of β-amino-alcohol motifs (C(OH)–C–C–N with tert-alkyl or cyclic N) is 1. The maximum Gasteiger partial charge on any atom is 0.227 e. The Labute approximate surface area is 131 Å². The van der Waals surface area contributed by atoms with E-state index in [4.69, 9.17) is 0 Å². The van der Waals surface area contributed by atoms with E-state index in [1.54, 1.807) is 4.90 Å². The molecule has 1 aliphatic heterocycles. The third-order valence-electron chi connectivity index (χ3n) is 4.24. The van der Waals surface area contributed by atoms with Crippen LogP contribution in [0, 0.1) is 0 Å². The second-order valence-electron chi connectivity index (χ2n) is 6.05. The number of carbonyl (C=O) groups is 1. The number of hydrogen-bond acceptors (Lipinski definition) is 4. The molecule has 22 heavy (non-hydrogen) atoms. The zero-order valence-corrected chi connectivity index (χ0v) is 13.2. The SMILES string of the molecule is CCCNC[C@@]1(O)CCN(C(=O)Cc2ccccc2)C[C@@H]1O. The van der Waals surface area contributed by atoms with Gasteiger partial charge >= 0.3 is 0 Å². The average molecular weight is 306 g/mol. The number of piperidine rings is 1. The number of hydrogen-bond donors (Lipinski definition) is 3. The van der Waals surface area contributed by atoms with Gasteiger partial charge in [0.15, 0.2) is 0 Å². The molecule has 0 aliphatic carbocycles. The molecule has 3 N–H and O–H groups in total. The highest BCUT2D eigenvalue weighted by Gasteiger charge is 2.41. The predicted molar refractivity (Wildman–Crippen MR) is 85.5 cm³/mol. The van der Waals surface area contributed by atoms with Gasteiger partial charge in [-0.1, -0.05) is 37.3 Å². The molecule has 1 fully saturated rings. The summed E-state index contributed by atoms with van der Waals surface area (Å²) in [6.45, 7) is 3.90. The lowest BCUT2D eigenvalue weighted by atomic mass is 9.88. The summed E-state index contributed by atoms with van der Waals surface area (Å²) in [5.74, 6) is -0.00572. The quantitative estimate of drug-likeness (QED) is 0.671. The van der Waals surface area contributed by atoms with Crippen LogP contribution in [0.5, 0.6) is 0 Å².